The first-order valence-corrected chi connectivity index (χ1v) is 14.2. The summed E-state index contributed by atoms with van der Waals surface area (Å²) in [6.07, 6.45) is 0.413. The van der Waals surface area contributed by atoms with Crippen molar-refractivity contribution >= 4 is 40.1 Å². The zero-order valence-electron chi connectivity index (χ0n) is 24.5. The first-order chi connectivity index (χ1) is 19.2. The summed E-state index contributed by atoms with van der Waals surface area (Å²) in [6, 6.07) is 5.20. The van der Waals surface area contributed by atoms with Gasteiger partial charge in [0, 0.05) is 42.2 Å². The summed E-state index contributed by atoms with van der Waals surface area (Å²) in [5.41, 5.74) is 0.712. The molecule has 3 heterocycles. The van der Waals surface area contributed by atoms with Gasteiger partial charge in [-0.1, -0.05) is 6.07 Å². The average molecular weight is 588 g/mol. The number of carbonyl (C=O) groups excluding carboxylic acids is 4. The molecule has 1 unspecified atom stereocenters. The lowest BCUT2D eigenvalue weighted by Crippen LogP contribution is -2.44. The minimum atomic E-state index is -1.05. The van der Waals surface area contributed by atoms with Crippen LogP contribution in [0.5, 0.6) is 5.75 Å². The second kappa shape index (κ2) is 11.8. The van der Waals surface area contributed by atoms with E-state index < -0.39 is 29.0 Å². The summed E-state index contributed by atoms with van der Waals surface area (Å²) in [7, 11) is 1.54. The van der Waals surface area contributed by atoms with Crippen LogP contribution in [0.3, 0.4) is 0 Å². The summed E-state index contributed by atoms with van der Waals surface area (Å²) >= 11 is 1.21. The maximum absolute atomic E-state index is 13.4. The van der Waals surface area contributed by atoms with Crippen molar-refractivity contribution in [2.24, 2.45) is 0 Å². The fourth-order valence-corrected chi connectivity index (χ4v) is 5.86. The zero-order valence-corrected chi connectivity index (χ0v) is 25.3. The Hall–Kier alpha value is -3.48. The molecule has 222 valence electrons. The van der Waals surface area contributed by atoms with Crippen LogP contribution in [0.2, 0.25) is 0 Å². The van der Waals surface area contributed by atoms with Gasteiger partial charge in [-0.15, -0.1) is 11.3 Å². The predicted molar refractivity (Wildman–Crippen MR) is 152 cm³/mol. The molecule has 1 aromatic heterocycles. The smallest absolute Gasteiger partial charge is 0.397 e. The Balaban J connectivity index is 1.56. The van der Waals surface area contributed by atoms with Gasteiger partial charge in [0.15, 0.2) is 6.79 Å². The molecule has 0 saturated carbocycles. The second-order valence-electron chi connectivity index (χ2n) is 12.0. The highest BCUT2D eigenvalue weighted by molar-refractivity contribution is 7.17. The number of hydrogen-bond donors (Lipinski definition) is 2. The van der Waals surface area contributed by atoms with Gasteiger partial charge in [-0.25, -0.2) is 9.59 Å². The highest BCUT2D eigenvalue weighted by Crippen LogP contribution is 2.38. The lowest BCUT2D eigenvalue weighted by atomic mass is 9.97. The first-order valence-electron chi connectivity index (χ1n) is 13.4. The number of hydrogen-bond acceptors (Lipinski definition) is 10. The number of ether oxygens (including phenoxy) is 4. The Labute approximate surface area is 243 Å². The van der Waals surface area contributed by atoms with Crippen LogP contribution in [-0.4, -0.2) is 66.3 Å². The molecule has 2 aliphatic heterocycles. The molecule has 2 aromatic rings. The third kappa shape index (κ3) is 7.24. The number of methoxy groups -OCH3 is 1. The number of rotatable bonds is 7. The number of benzene rings is 1. The van der Waals surface area contributed by atoms with E-state index in [4.69, 9.17) is 18.9 Å². The molecule has 41 heavy (non-hydrogen) atoms. The maximum atomic E-state index is 13.4. The largest absolute Gasteiger partial charge is 0.467 e. The summed E-state index contributed by atoms with van der Waals surface area (Å²) in [5.74, 6) is -2.11. The van der Waals surface area contributed by atoms with Gasteiger partial charge in [-0.05, 0) is 65.7 Å². The van der Waals surface area contributed by atoms with Crippen LogP contribution in [0.15, 0.2) is 18.2 Å². The van der Waals surface area contributed by atoms with E-state index in [0.717, 1.165) is 16.0 Å². The number of fused-ring (bicyclic) bond motifs is 2. The number of amides is 2. The average Bonchev–Trinajstić information content (AvgIpc) is 3.37. The summed E-state index contributed by atoms with van der Waals surface area (Å²) in [4.78, 5) is 54.2. The maximum Gasteiger partial charge on any atom is 0.397 e. The van der Waals surface area contributed by atoms with Gasteiger partial charge in [-0.3, -0.25) is 9.59 Å². The standard InChI is InChI=1S/C29H37N3O8S/c1-28(2,3)39-26(35)22-18-11-16(13-32-14-19-17(25(32)34)9-8-10-20(19)38-15-37-7)30-12-21(18)41-24(22)31-23(33)27(36)40-29(4,5)6/h8-10,16,30H,11-15H2,1-7H3,(H,31,33). The van der Waals surface area contributed by atoms with Crippen LogP contribution in [0.4, 0.5) is 5.00 Å². The molecule has 2 amide bonds. The van der Waals surface area contributed by atoms with Crippen LogP contribution < -0.4 is 15.4 Å². The van der Waals surface area contributed by atoms with Crippen molar-refractivity contribution in [2.75, 3.05) is 25.8 Å². The molecule has 2 aliphatic rings. The molecule has 0 spiro atoms. The third-order valence-electron chi connectivity index (χ3n) is 6.28. The van der Waals surface area contributed by atoms with E-state index in [-0.39, 0.29) is 29.3 Å². The molecule has 12 heteroatoms. The molecule has 2 N–H and O–H groups in total. The molecular weight excluding hydrogens is 550 g/mol. The van der Waals surface area contributed by atoms with E-state index in [1.165, 1.54) is 18.4 Å². The molecule has 0 bridgehead atoms. The number of carbonyl (C=O) groups is 4. The number of thiophene rings is 1. The minimum absolute atomic E-state index is 0.0794. The Bertz CT molecular complexity index is 1350. The van der Waals surface area contributed by atoms with Crippen LogP contribution in [0.1, 0.15) is 78.3 Å². The molecular formula is C29H37N3O8S. The highest BCUT2D eigenvalue weighted by atomic mass is 32.1. The second-order valence-corrected chi connectivity index (χ2v) is 13.1. The lowest BCUT2D eigenvalue weighted by molar-refractivity contribution is -0.161. The van der Waals surface area contributed by atoms with Gasteiger partial charge < -0.3 is 34.5 Å². The monoisotopic (exact) mass is 587 g/mol. The van der Waals surface area contributed by atoms with Crippen LogP contribution >= 0.6 is 11.3 Å². The van der Waals surface area contributed by atoms with Gasteiger partial charge in [0.05, 0.1) is 12.1 Å². The van der Waals surface area contributed by atoms with Gasteiger partial charge >= 0.3 is 17.8 Å². The van der Waals surface area contributed by atoms with Gasteiger partial charge in [0.2, 0.25) is 0 Å². The zero-order chi connectivity index (χ0) is 30.1. The molecule has 0 saturated heterocycles. The van der Waals surface area contributed by atoms with Crippen molar-refractivity contribution in [3.05, 3.63) is 45.3 Å². The SMILES string of the molecule is COCOc1cccc2c1CN(CC1Cc3c(sc(NC(=O)C(=O)OC(C)(C)C)c3C(=O)OC(C)(C)C)CN1)C2=O. The Kier molecular flexibility index (Phi) is 8.76. The van der Waals surface area contributed by atoms with Gasteiger partial charge in [0.1, 0.15) is 22.0 Å². The summed E-state index contributed by atoms with van der Waals surface area (Å²) in [6.45, 7) is 11.5. The molecule has 1 aromatic carbocycles. The number of anilines is 1. The summed E-state index contributed by atoms with van der Waals surface area (Å²) in [5, 5.41) is 6.25. The fraction of sp³-hybridized carbons (Fsp3) is 0.517. The quantitative estimate of drug-likeness (QED) is 0.283. The molecule has 0 aliphatic carbocycles. The number of nitrogens with zero attached hydrogens (tertiary/aromatic N) is 1. The van der Waals surface area contributed by atoms with Crippen molar-refractivity contribution in [1.29, 1.82) is 0 Å². The fourth-order valence-electron chi connectivity index (χ4n) is 4.70. The van der Waals surface area contributed by atoms with Crippen molar-refractivity contribution < 1.29 is 38.1 Å². The molecule has 4 rings (SSSR count). The predicted octanol–water partition coefficient (Wildman–Crippen LogP) is 3.64. The highest BCUT2D eigenvalue weighted by Gasteiger charge is 2.36. The van der Waals surface area contributed by atoms with Gasteiger partial charge in [-0.2, -0.15) is 0 Å². The first kappa shape index (κ1) is 30.5. The van der Waals surface area contributed by atoms with E-state index >= 15 is 0 Å². The van der Waals surface area contributed by atoms with E-state index in [1.807, 2.05) is 6.07 Å². The minimum Gasteiger partial charge on any atom is -0.467 e. The van der Waals surface area contributed by atoms with Crippen molar-refractivity contribution in [2.45, 2.75) is 78.3 Å². The van der Waals surface area contributed by atoms with E-state index in [2.05, 4.69) is 10.6 Å². The summed E-state index contributed by atoms with van der Waals surface area (Å²) < 4.78 is 21.5. The lowest BCUT2D eigenvalue weighted by Gasteiger charge is -2.29. The molecule has 0 fully saturated rings. The molecule has 11 nitrogen and oxygen atoms in total. The Morgan fingerprint density at radius 1 is 1.07 bits per heavy atom. The van der Waals surface area contributed by atoms with Gasteiger partial charge in [0.25, 0.3) is 5.91 Å². The van der Waals surface area contributed by atoms with Crippen LogP contribution in [-0.2, 0) is 43.3 Å². The van der Waals surface area contributed by atoms with E-state index in [1.54, 1.807) is 58.6 Å². The van der Waals surface area contributed by atoms with E-state index in [0.29, 0.717) is 37.4 Å². The Morgan fingerprint density at radius 2 is 1.78 bits per heavy atom. The van der Waals surface area contributed by atoms with Crippen molar-refractivity contribution in [1.82, 2.24) is 10.2 Å². The number of esters is 2. The number of nitrogens with one attached hydrogen (secondary N) is 2. The van der Waals surface area contributed by atoms with Crippen LogP contribution in [0.25, 0.3) is 0 Å². The van der Waals surface area contributed by atoms with Crippen molar-refractivity contribution in [3.63, 3.8) is 0 Å². The van der Waals surface area contributed by atoms with E-state index in [9.17, 15) is 19.2 Å². The molecule has 0 radical (unpaired) electrons. The Morgan fingerprint density at radius 3 is 2.44 bits per heavy atom. The third-order valence-corrected chi connectivity index (χ3v) is 7.43. The van der Waals surface area contributed by atoms with Crippen molar-refractivity contribution in [3.8, 4) is 5.75 Å². The van der Waals surface area contributed by atoms with Crippen LogP contribution in [0, 0.1) is 0 Å². The normalized spacial score (nSPS) is 16.6. The molecule has 1 atom stereocenters. The topological polar surface area (TPSA) is 133 Å².